The summed E-state index contributed by atoms with van der Waals surface area (Å²) in [5.41, 5.74) is 3.31. The third-order valence-corrected chi connectivity index (χ3v) is 1.37. The van der Waals surface area contributed by atoms with Crippen molar-refractivity contribution in [2.75, 3.05) is 0 Å². The van der Waals surface area contributed by atoms with E-state index in [9.17, 15) is 5.11 Å². The molecule has 2 heteroatoms. The molecule has 1 nitrogen and oxygen atoms in total. The summed E-state index contributed by atoms with van der Waals surface area (Å²) in [6, 6.07) is 6.56. The minimum absolute atomic E-state index is 0. The summed E-state index contributed by atoms with van der Waals surface area (Å²) in [5.74, 6) is 0. The van der Waals surface area contributed by atoms with Crippen LogP contribution in [0.25, 0.3) is 0 Å². The zero-order valence-electron chi connectivity index (χ0n) is 11.1. The average Bonchev–Trinajstić information content (AvgIpc) is 1.77. The molecular formula is C13H21KO. The van der Waals surface area contributed by atoms with Crippen molar-refractivity contribution in [1.82, 2.24) is 0 Å². The molecule has 0 bridgehead atoms. The van der Waals surface area contributed by atoms with Gasteiger partial charge < -0.3 is 5.11 Å². The van der Waals surface area contributed by atoms with E-state index in [4.69, 9.17) is 0 Å². The molecule has 0 aromatic heterocycles. The molecule has 0 heterocycles. The Morgan fingerprint density at radius 3 is 1.07 bits per heavy atom. The molecular weight excluding hydrogens is 211 g/mol. The third-order valence-electron chi connectivity index (χ3n) is 1.37. The van der Waals surface area contributed by atoms with Crippen LogP contribution in [0.5, 0.6) is 0 Å². The van der Waals surface area contributed by atoms with Crippen LogP contribution in [0.4, 0.5) is 0 Å². The van der Waals surface area contributed by atoms with E-state index in [1.54, 1.807) is 20.8 Å². The molecule has 0 radical (unpaired) electrons. The first-order chi connectivity index (χ1) is 6.18. The standard InChI is InChI=1S/C9H12.C4H9O.K/c1-7-4-8(2)6-9(3)5-7;1-4(2,3)5;/h4-6H,1-3H3;1-3H3;/q;-1;+1. The molecule has 0 amide bonds. The van der Waals surface area contributed by atoms with Crippen molar-refractivity contribution in [3.8, 4) is 0 Å². The van der Waals surface area contributed by atoms with Gasteiger partial charge in [0.25, 0.3) is 0 Å². The molecule has 0 saturated carbocycles. The van der Waals surface area contributed by atoms with Crippen LogP contribution >= 0.6 is 0 Å². The molecule has 0 fully saturated rings. The number of benzene rings is 1. The van der Waals surface area contributed by atoms with Gasteiger partial charge in [0.05, 0.1) is 0 Å². The van der Waals surface area contributed by atoms with Crippen LogP contribution in [-0.4, -0.2) is 5.60 Å². The Balaban J connectivity index is 0. The van der Waals surface area contributed by atoms with Crippen LogP contribution in [0.1, 0.15) is 37.5 Å². The summed E-state index contributed by atoms with van der Waals surface area (Å²) in [7, 11) is 0. The van der Waals surface area contributed by atoms with Gasteiger partial charge in [-0.15, -0.1) is 5.60 Å². The second-order valence-corrected chi connectivity index (χ2v) is 4.78. The normalized spacial score (nSPS) is 9.80. The van der Waals surface area contributed by atoms with E-state index in [1.165, 1.54) is 16.7 Å². The Hall–Kier alpha value is 0.816. The minimum atomic E-state index is -0.750. The molecule has 0 aliphatic heterocycles. The van der Waals surface area contributed by atoms with Crippen molar-refractivity contribution in [2.45, 2.75) is 47.1 Å². The van der Waals surface area contributed by atoms with Crippen molar-refractivity contribution in [3.63, 3.8) is 0 Å². The van der Waals surface area contributed by atoms with Gasteiger partial charge in [-0.25, -0.2) is 0 Å². The summed E-state index contributed by atoms with van der Waals surface area (Å²) in [4.78, 5) is 0. The maximum Gasteiger partial charge on any atom is 1.00 e. The van der Waals surface area contributed by atoms with Gasteiger partial charge in [-0.1, -0.05) is 55.7 Å². The Morgan fingerprint density at radius 2 is 0.933 bits per heavy atom. The van der Waals surface area contributed by atoms with Crippen molar-refractivity contribution in [3.05, 3.63) is 34.9 Å². The molecule has 0 atom stereocenters. The van der Waals surface area contributed by atoms with Crippen LogP contribution in [0.15, 0.2) is 18.2 Å². The summed E-state index contributed by atoms with van der Waals surface area (Å²) >= 11 is 0. The molecule has 0 N–H and O–H groups in total. The van der Waals surface area contributed by atoms with E-state index < -0.39 is 5.60 Å². The summed E-state index contributed by atoms with van der Waals surface area (Å²) in [6.45, 7) is 11.3. The quantitative estimate of drug-likeness (QED) is 0.566. The zero-order valence-corrected chi connectivity index (χ0v) is 14.3. The molecule has 0 saturated heterocycles. The van der Waals surface area contributed by atoms with Crippen LogP contribution in [0, 0.1) is 20.8 Å². The molecule has 1 rings (SSSR count). The average molecular weight is 232 g/mol. The van der Waals surface area contributed by atoms with E-state index in [1.807, 2.05) is 0 Å². The SMILES string of the molecule is CC(C)(C)[O-].Cc1cc(C)cc(C)c1.[K+]. The smallest absolute Gasteiger partial charge is 0.850 e. The maximum atomic E-state index is 10.1. The number of hydrogen-bond donors (Lipinski definition) is 0. The largest absolute Gasteiger partial charge is 1.00 e. The molecule has 1 aromatic rings. The summed E-state index contributed by atoms with van der Waals surface area (Å²) in [5, 5.41) is 10.1. The van der Waals surface area contributed by atoms with E-state index in [2.05, 4.69) is 39.0 Å². The summed E-state index contributed by atoms with van der Waals surface area (Å²) in [6.07, 6.45) is 0. The molecule has 0 aliphatic carbocycles. The molecule has 0 spiro atoms. The zero-order chi connectivity index (χ0) is 11.4. The minimum Gasteiger partial charge on any atom is -0.850 e. The van der Waals surface area contributed by atoms with Crippen molar-refractivity contribution >= 4 is 0 Å². The Bertz CT molecular complexity index is 231. The number of hydrogen-bond acceptors (Lipinski definition) is 1. The predicted octanol–water partition coefficient (Wildman–Crippen LogP) is -0.239. The summed E-state index contributed by atoms with van der Waals surface area (Å²) < 4.78 is 0. The maximum absolute atomic E-state index is 10.1. The fraction of sp³-hybridized carbons (Fsp3) is 0.538. The van der Waals surface area contributed by atoms with E-state index in [-0.39, 0.29) is 51.4 Å². The monoisotopic (exact) mass is 232 g/mol. The third kappa shape index (κ3) is 14.8. The van der Waals surface area contributed by atoms with Gasteiger partial charge in [-0.3, -0.25) is 0 Å². The van der Waals surface area contributed by atoms with Gasteiger partial charge >= 0.3 is 51.4 Å². The van der Waals surface area contributed by atoms with Crippen LogP contribution in [0.2, 0.25) is 0 Å². The Morgan fingerprint density at radius 1 is 0.800 bits per heavy atom. The van der Waals surface area contributed by atoms with Gasteiger partial charge in [0.2, 0.25) is 0 Å². The fourth-order valence-corrected chi connectivity index (χ4v) is 1.20. The first-order valence-corrected chi connectivity index (χ1v) is 4.94. The second-order valence-electron chi connectivity index (χ2n) is 4.78. The fourth-order valence-electron chi connectivity index (χ4n) is 1.20. The van der Waals surface area contributed by atoms with Gasteiger partial charge in [0, 0.05) is 0 Å². The van der Waals surface area contributed by atoms with Crippen LogP contribution < -0.4 is 56.5 Å². The van der Waals surface area contributed by atoms with Crippen LogP contribution in [-0.2, 0) is 0 Å². The second kappa shape index (κ2) is 7.99. The molecule has 0 aliphatic rings. The predicted molar refractivity (Wildman–Crippen MR) is 60.4 cm³/mol. The van der Waals surface area contributed by atoms with Gasteiger partial charge in [0.1, 0.15) is 0 Å². The molecule has 80 valence electrons. The van der Waals surface area contributed by atoms with Gasteiger partial charge in [-0.05, 0) is 20.8 Å². The van der Waals surface area contributed by atoms with Crippen molar-refractivity contribution in [2.24, 2.45) is 0 Å². The molecule has 1 aromatic carbocycles. The Labute approximate surface area is 137 Å². The van der Waals surface area contributed by atoms with Crippen LogP contribution in [0.3, 0.4) is 0 Å². The van der Waals surface area contributed by atoms with E-state index in [0.717, 1.165) is 0 Å². The van der Waals surface area contributed by atoms with Crippen molar-refractivity contribution in [1.29, 1.82) is 0 Å². The Kier molecular flexibility index (Phi) is 9.69. The first kappa shape index (κ1) is 18.2. The van der Waals surface area contributed by atoms with E-state index >= 15 is 0 Å². The molecule has 15 heavy (non-hydrogen) atoms. The van der Waals surface area contributed by atoms with Gasteiger partial charge in [0.15, 0.2) is 0 Å². The van der Waals surface area contributed by atoms with E-state index in [0.29, 0.717) is 0 Å². The van der Waals surface area contributed by atoms with Crippen molar-refractivity contribution < 1.29 is 56.5 Å². The topological polar surface area (TPSA) is 23.1 Å². The number of rotatable bonds is 0. The van der Waals surface area contributed by atoms with Gasteiger partial charge in [-0.2, -0.15) is 0 Å². The number of aryl methyl sites for hydroxylation is 3. The first-order valence-electron chi connectivity index (χ1n) is 4.94. The molecule has 0 unspecified atom stereocenters.